The predicted molar refractivity (Wildman–Crippen MR) is 87.8 cm³/mol. The van der Waals surface area contributed by atoms with Crippen molar-refractivity contribution in [2.24, 2.45) is 11.8 Å². The van der Waals surface area contributed by atoms with Gasteiger partial charge >= 0.3 is 0 Å². The molecule has 1 heterocycles. The number of benzene rings is 1. The molecular formula is C19H22N2O. The molecule has 2 aromatic rings. The molecule has 0 bridgehead atoms. The van der Waals surface area contributed by atoms with Crippen LogP contribution in [0.5, 0.6) is 0 Å². The zero-order chi connectivity index (χ0) is 15.3. The summed E-state index contributed by atoms with van der Waals surface area (Å²) in [6.45, 7) is 1.96. The maximum Gasteiger partial charge on any atom is 0.254 e. The van der Waals surface area contributed by atoms with E-state index in [1.54, 1.807) is 0 Å². The summed E-state index contributed by atoms with van der Waals surface area (Å²) in [6.07, 6.45) is 5.15. The van der Waals surface area contributed by atoms with E-state index in [0.717, 1.165) is 34.0 Å². The average molecular weight is 294 g/mol. The van der Waals surface area contributed by atoms with Crippen LogP contribution in [0, 0.1) is 18.8 Å². The molecule has 1 aromatic heterocycles. The zero-order valence-corrected chi connectivity index (χ0v) is 13.2. The first-order valence-electron chi connectivity index (χ1n) is 8.28. The molecule has 114 valence electrons. The van der Waals surface area contributed by atoms with Crippen molar-refractivity contribution in [3.05, 3.63) is 41.6 Å². The van der Waals surface area contributed by atoms with Crippen molar-refractivity contribution in [1.82, 2.24) is 9.88 Å². The third-order valence-corrected chi connectivity index (χ3v) is 5.05. The highest BCUT2D eigenvalue weighted by Gasteiger charge is 2.45. The smallest absolute Gasteiger partial charge is 0.254 e. The molecule has 2 aliphatic rings. The first-order chi connectivity index (χ1) is 10.6. The van der Waals surface area contributed by atoms with Crippen LogP contribution in [0.15, 0.2) is 30.3 Å². The number of rotatable bonds is 4. The van der Waals surface area contributed by atoms with Gasteiger partial charge in [0.25, 0.3) is 5.91 Å². The van der Waals surface area contributed by atoms with Gasteiger partial charge in [0.15, 0.2) is 0 Å². The minimum Gasteiger partial charge on any atom is -0.338 e. The van der Waals surface area contributed by atoms with E-state index in [1.807, 2.05) is 49.2 Å². The Morgan fingerprint density at radius 2 is 1.82 bits per heavy atom. The second-order valence-corrected chi connectivity index (χ2v) is 6.91. The van der Waals surface area contributed by atoms with E-state index in [4.69, 9.17) is 0 Å². The number of aryl methyl sites for hydroxylation is 1. The SMILES string of the molecule is Cc1cc(C(=O)N(C)C(C2CC2)C2CC2)c2ccccc2n1. The highest BCUT2D eigenvalue weighted by Crippen LogP contribution is 2.47. The van der Waals surface area contributed by atoms with Gasteiger partial charge in [0, 0.05) is 24.2 Å². The van der Waals surface area contributed by atoms with Crippen LogP contribution in [0.4, 0.5) is 0 Å². The standard InChI is InChI=1S/C19H22N2O/c1-12-11-16(15-5-3-4-6-17(15)20-12)19(22)21(2)18(13-7-8-13)14-9-10-14/h3-6,11,13-14,18H,7-10H2,1-2H3. The highest BCUT2D eigenvalue weighted by atomic mass is 16.2. The fraction of sp³-hybridized carbons (Fsp3) is 0.474. The van der Waals surface area contributed by atoms with Gasteiger partial charge in [-0.15, -0.1) is 0 Å². The van der Waals surface area contributed by atoms with Gasteiger partial charge in [-0.1, -0.05) is 18.2 Å². The molecule has 1 amide bonds. The molecule has 4 rings (SSSR count). The third-order valence-electron chi connectivity index (χ3n) is 5.05. The molecule has 1 aromatic carbocycles. The minimum absolute atomic E-state index is 0.158. The molecule has 3 nitrogen and oxygen atoms in total. The number of para-hydroxylation sites is 1. The fourth-order valence-electron chi connectivity index (χ4n) is 3.70. The molecular weight excluding hydrogens is 272 g/mol. The summed E-state index contributed by atoms with van der Waals surface area (Å²) >= 11 is 0. The Labute approximate surface area is 131 Å². The quantitative estimate of drug-likeness (QED) is 0.859. The molecule has 0 atom stereocenters. The monoisotopic (exact) mass is 294 g/mol. The van der Waals surface area contributed by atoms with Crippen LogP contribution in [0.3, 0.4) is 0 Å². The van der Waals surface area contributed by atoms with Crippen molar-refractivity contribution in [1.29, 1.82) is 0 Å². The largest absolute Gasteiger partial charge is 0.338 e. The van der Waals surface area contributed by atoms with Gasteiger partial charge in [0.2, 0.25) is 0 Å². The van der Waals surface area contributed by atoms with Crippen LogP contribution < -0.4 is 0 Å². The maximum atomic E-state index is 13.1. The van der Waals surface area contributed by atoms with Gasteiger partial charge in [-0.25, -0.2) is 0 Å². The van der Waals surface area contributed by atoms with E-state index in [1.165, 1.54) is 25.7 Å². The second-order valence-electron chi connectivity index (χ2n) is 6.91. The molecule has 0 spiro atoms. The lowest BCUT2D eigenvalue weighted by molar-refractivity contribution is 0.0692. The van der Waals surface area contributed by atoms with Crippen molar-refractivity contribution in [3.63, 3.8) is 0 Å². The zero-order valence-electron chi connectivity index (χ0n) is 13.2. The summed E-state index contributed by atoms with van der Waals surface area (Å²) in [5, 5.41) is 0.968. The second kappa shape index (κ2) is 5.08. The van der Waals surface area contributed by atoms with Crippen LogP contribution in [0.1, 0.15) is 41.7 Å². The first kappa shape index (κ1) is 13.7. The Kier molecular flexibility index (Phi) is 3.17. The normalized spacial score (nSPS) is 18.0. The number of amides is 1. The van der Waals surface area contributed by atoms with Crippen LogP contribution in [-0.2, 0) is 0 Å². The van der Waals surface area contributed by atoms with Crippen molar-refractivity contribution >= 4 is 16.8 Å². The highest BCUT2D eigenvalue weighted by molar-refractivity contribution is 6.06. The Hall–Kier alpha value is -1.90. The molecule has 3 heteroatoms. The van der Waals surface area contributed by atoms with Crippen LogP contribution >= 0.6 is 0 Å². The summed E-state index contributed by atoms with van der Waals surface area (Å²) in [6, 6.07) is 10.3. The Morgan fingerprint density at radius 3 is 2.45 bits per heavy atom. The van der Waals surface area contributed by atoms with Gasteiger partial charge in [-0.05, 0) is 56.6 Å². The topological polar surface area (TPSA) is 33.2 Å². The van der Waals surface area contributed by atoms with Crippen LogP contribution in [0.25, 0.3) is 10.9 Å². The van der Waals surface area contributed by atoms with Gasteiger partial charge in [0.1, 0.15) is 0 Å². The summed E-state index contributed by atoms with van der Waals surface area (Å²) < 4.78 is 0. The summed E-state index contributed by atoms with van der Waals surface area (Å²) in [4.78, 5) is 19.7. The summed E-state index contributed by atoms with van der Waals surface area (Å²) in [5.74, 6) is 1.62. The van der Waals surface area contributed by atoms with Gasteiger partial charge < -0.3 is 4.90 Å². The minimum atomic E-state index is 0.158. The molecule has 0 radical (unpaired) electrons. The number of carbonyl (C=O) groups excluding carboxylic acids is 1. The van der Waals surface area contributed by atoms with E-state index in [2.05, 4.69) is 4.98 Å². The fourth-order valence-corrected chi connectivity index (χ4v) is 3.70. The molecule has 2 fully saturated rings. The molecule has 0 N–H and O–H groups in total. The maximum absolute atomic E-state index is 13.1. The lowest BCUT2D eigenvalue weighted by Crippen LogP contribution is -2.40. The average Bonchev–Trinajstić information content (AvgIpc) is 3.40. The molecule has 22 heavy (non-hydrogen) atoms. The van der Waals surface area contributed by atoms with Crippen LogP contribution in [-0.4, -0.2) is 28.9 Å². The van der Waals surface area contributed by atoms with Gasteiger partial charge in [-0.2, -0.15) is 0 Å². The van der Waals surface area contributed by atoms with Crippen molar-refractivity contribution in [3.8, 4) is 0 Å². The Balaban J connectivity index is 1.72. The molecule has 2 saturated carbocycles. The molecule has 0 unspecified atom stereocenters. The number of pyridine rings is 1. The molecule has 0 aliphatic heterocycles. The summed E-state index contributed by atoms with van der Waals surface area (Å²) in [5.41, 5.74) is 2.62. The van der Waals surface area contributed by atoms with Crippen molar-refractivity contribution in [2.75, 3.05) is 7.05 Å². The van der Waals surface area contributed by atoms with Gasteiger partial charge in [-0.3, -0.25) is 9.78 Å². The van der Waals surface area contributed by atoms with Crippen molar-refractivity contribution in [2.45, 2.75) is 38.6 Å². The number of carbonyl (C=O) groups is 1. The lowest BCUT2D eigenvalue weighted by Gasteiger charge is -2.29. The first-order valence-corrected chi connectivity index (χ1v) is 8.28. The number of hydrogen-bond donors (Lipinski definition) is 0. The molecule has 2 aliphatic carbocycles. The van der Waals surface area contributed by atoms with Crippen molar-refractivity contribution < 1.29 is 4.79 Å². The number of fused-ring (bicyclic) bond motifs is 1. The lowest BCUT2D eigenvalue weighted by atomic mass is 10.0. The van der Waals surface area contributed by atoms with Crippen LogP contribution in [0.2, 0.25) is 0 Å². The Morgan fingerprint density at radius 1 is 1.18 bits per heavy atom. The van der Waals surface area contributed by atoms with E-state index in [9.17, 15) is 4.79 Å². The Bertz CT molecular complexity index is 719. The number of hydrogen-bond acceptors (Lipinski definition) is 2. The van der Waals surface area contributed by atoms with E-state index < -0.39 is 0 Å². The van der Waals surface area contributed by atoms with Gasteiger partial charge in [0.05, 0.1) is 11.1 Å². The van der Waals surface area contributed by atoms with E-state index in [0.29, 0.717) is 6.04 Å². The van der Waals surface area contributed by atoms with E-state index >= 15 is 0 Å². The predicted octanol–water partition coefficient (Wildman–Crippen LogP) is 3.80. The number of nitrogens with zero attached hydrogens (tertiary/aromatic N) is 2. The van der Waals surface area contributed by atoms with E-state index in [-0.39, 0.29) is 5.91 Å². The third kappa shape index (κ3) is 2.39. The molecule has 0 saturated heterocycles. The number of aromatic nitrogens is 1. The summed E-state index contributed by atoms with van der Waals surface area (Å²) in [7, 11) is 1.99.